The molecule has 0 bridgehead atoms. The Morgan fingerprint density at radius 2 is 1.46 bits per heavy atom. The maximum atomic E-state index is 13.1. The number of anilines is 1. The summed E-state index contributed by atoms with van der Waals surface area (Å²) in [5.41, 5.74) is -5.31. The number of benzene rings is 3. The highest BCUT2D eigenvalue weighted by Crippen LogP contribution is 2.36. The number of carbonyl (C=O) groups is 1. The molecule has 3 aromatic carbocycles. The standard InChI is InChI=1S/C23H15F6NO4S/c24-22(25,26)14-4-8-16(9-5-14)34-20-3-1-2-19-18(20)12-13-30(21(19)31)15-6-10-17(11-7-15)35(32,33)23(27,28)29/h1-11H,12-13H2. The molecule has 12 heteroatoms. The van der Waals surface area contributed by atoms with Crippen LogP contribution in [0.2, 0.25) is 0 Å². The van der Waals surface area contributed by atoms with Crippen molar-refractivity contribution < 1.29 is 44.3 Å². The first kappa shape index (κ1) is 24.6. The fraction of sp³-hybridized carbons (Fsp3) is 0.174. The number of amides is 1. The summed E-state index contributed by atoms with van der Waals surface area (Å²) >= 11 is 0. The number of sulfone groups is 1. The molecule has 0 aromatic heterocycles. The van der Waals surface area contributed by atoms with Gasteiger partial charge in [-0.25, -0.2) is 8.42 Å². The second-order valence-electron chi connectivity index (χ2n) is 7.56. The molecule has 4 rings (SSSR count). The Morgan fingerprint density at radius 1 is 0.829 bits per heavy atom. The van der Waals surface area contributed by atoms with E-state index in [1.165, 1.54) is 17.0 Å². The van der Waals surface area contributed by atoms with Gasteiger partial charge >= 0.3 is 11.7 Å². The summed E-state index contributed by atoms with van der Waals surface area (Å²) in [6.07, 6.45) is -4.21. The van der Waals surface area contributed by atoms with Crippen LogP contribution < -0.4 is 9.64 Å². The summed E-state index contributed by atoms with van der Waals surface area (Å²) in [6, 6.07) is 12.5. The third kappa shape index (κ3) is 4.70. The highest BCUT2D eigenvalue weighted by Gasteiger charge is 2.46. The number of nitrogens with zero attached hydrogens (tertiary/aromatic N) is 1. The molecule has 0 saturated heterocycles. The number of alkyl halides is 6. The molecule has 0 saturated carbocycles. The number of fused-ring (bicyclic) bond motifs is 1. The molecule has 0 aliphatic carbocycles. The quantitative estimate of drug-likeness (QED) is 0.401. The van der Waals surface area contributed by atoms with E-state index in [4.69, 9.17) is 4.74 Å². The predicted molar refractivity (Wildman–Crippen MR) is 113 cm³/mol. The van der Waals surface area contributed by atoms with Crippen LogP contribution in [0.25, 0.3) is 0 Å². The number of carbonyl (C=O) groups excluding carboxylic acids is 1. The van der Waals surface area contributed by atoms with Gasteiger partial charge in [-0.1, -0.05) is 6.07 Å². The molecule has 5 nitrogen and oxygen atoms in total. The summed E-state index contributed by atoms with van der Waals surface area (Å²) in [7, 11) is -5.51. The van der Waals surface area contributed by atoms with Gasteiger partial charge in [0.2, 0.25) is 0 Å². The molecular formula is C23H15F6NO4S. The SMILES string of the molecule is O=C1c2cccc(Oc3ccc(C(F)(F)F)cc3)c2CCN1c1ccc(S(=O)(=O)C(F)(F)F)cc1. The van der Waals surface area contributed by atoms with Crippen molar-refractivity contribution in [3.8, 4) is 11.5 Å². The molecule has 0 spiro atoms. The fourth-order valence-corrected chi connectivity index (χ4v) is 4.38. The van der Waals surface area contributed by atoms with Gasteiger partial charge < -0.3 is 9.64 Å². The molecule has 1 aliphatic rings. The van der Waals surface area contributed by atoms with E-state index < -0.39 is 37.9 Å². The maximum Gasteiger partial charge on any atom is 0.501 e. The van der Waals surface area contributed by atoms with Crippen LogP contribution in [0.4, 0.5) is 32.0 Å². The van der Waals surface area contributed by atoms with Crippen LogP contribution in [0, 0.1) is 0 Å². The fourth-order valence-electron chi connectivity index (χ4n) is 3.61. The van der Waals surface area contributed by atoms with Crippen LogP contribution in [0.15, 0.2) is 71.6 Å². The Balaban J connectivity index is 1.57. The summed E-state index contributed by atoms with van der Waals surface area (Å²) in [5.74, 6) is -0.0693. The van der Waals surface area contributed by atoms with Crippen LogP contribution in [-0.2, 0) is 22.4 Å². The van der Waals surface area contributed by atoms with E-state index in [1.54, 1.807) is 6.07 Å². The van der Waals surface area contributed by atoms with Crippen LogP contribution in [0.1, 0.15) is 21.5 Å². The van der Waals surface area contributed by atoms with Gasteiger partial charge in [0.05, 0.1) is 10.5 Å². The highest BCUT2D eigenvalue weighted by atomic mass is 32.2. The van der Waals surface area contributed by atoms with E-state index in [0.717, 1.165) is 48.5 Å². The van der Waals surface area contributed by atoms with Crippen molar-refractivity contribution in [2.75, 3.05) is 11.4 Å². The Bertz CT molecular complexity index is 1370. The van der Waals surface area contributed by atoms with E-state index in [-0.39, 0.29) is 35.7 Å². The minimum absolute atomic E-state index is 0.116. The van der Waals surface area contributed by atoms with Crippen molar-refractivity contribution in [1.29, 1.82) is 0 Å². The zero-order chi connectivity index (χ0) is 25.6. The topological polar surface area (TPSA) is 63.7 Å². The van der Waals surface area contributed by atoms with Gasteiger partial charge in [0.1, 0.15) is 11.5 Å². The van der Waals surface area contributed by atoms with Gasteiger partial charge in [0, 0.05) is 23.4 Å². The summed E-state index contributed by atoms with van der Waals surface area (Å²) in [6.45, 7) is 0.116. The van der Waals surface area contributed by atoms with E-state index in [0.29, 0.717) is 5.56 Å². The molecule has 0 N–H and O–H groups in total. The number of hydrogen-bond donors (Lipinski definition) is 0. The van der Waals surface area contributed by atoms with Gasteiger partial charge in [0.15, 0.2) is 0 Å². The van der Waals surface area contributed by atoms with Crippen LogP contribution in [0.3, 0.4) is 0 Å². The lowest BCUT2D eigenvalue weighted by Gasteiger charge is -2.29. The molecule has 0 unspecified atom stereocenters. The van der Waals surface area contributed by atoms with E-state index in [1.807, 2.05) is 0 Å². The molecule has 0 fully saturated rings. The van der Waals surface area contributed by atoms with Crippen LogP contribution in [-0.4, -0.2) is 26.4 Å². The summed E-state index contributed by atoms with van der Waals surface area (Å²) < 4.78 is 105. The van der Waals surface area contributed by atoms with Gasteiger partial charge in [-0.2, -0.15) is 26.3 Å². The first-order valence-corrected chi connectivity index (χ1v) is 11.5. The minimum atomic E-state index is -5.51. The number of halogens is 6. The van der Waals surface area contributed by atoms with Gasteiger partial charge in [-0.3, -0.25) is 4.79 Å². The molecular weight excluding hydrogens is 500 g/mol. The van der Waals surface area contributed by atoms with Crippen LogP contribution >= 0.6 is 0 Å². The monoisotopic (exact) mass is 515 g/mol. The highest BCUT2D eigenvalue weighted by molar-refractivity contribution is 7.92. The third-order valence-corrected chi connectivity index (χ3v) is 6.87. The molecule has 0 atom stereocenters. The first-order chi connectivity index (χ1) is 16.3. The van der Waals surface area contributed by atoms with Crippen molar-refractivity contribution in [2.45, 2.75) is 23.0 Å². The second-order valence-corrected chi connectivity index (χ2v) is 9.50. The van der Waals surface area contributed by atoms with Gasteiger partial charge in [-0.15, -0.1) is 0 Å². The van der Waals surface area contributed by atoms with E-state index >= 15 is 0 Å². The Kier molecular flexibility index (Phi) is 6.04. The molecule has 35 heavy (non-hydrogen) atoms. The van der Waals surface area contributed by atoms with Gasteiger partial charge in [-0.05, 0) is 67.1 Å². The Morgan fingerprint density at radius 3 is 2.03 bits per heavy atom. The van der Waals surface area contributed by atoms with E-state index in [9.17, 15) is 39.6 Å². The largest absolute Gasteiger partial charge is 0.501 e. The molecule has 0 radical (unpaired) electrons. The summed E-state index contributed by atoms with van der Waals surface area (Å²) in [5, 5.41) is 0. The molecule has 1 aliphatic heterocycles. The molecule has 184 valence electrons. The normalized spacial score (nSPS) is 14.6. The predicted octanol–water partition coefficient (Wildman–Crippen LogP) is 5.99. The number of hydrogen-bond acceptors (Lipinski definition) is 4. The maximum absolute atomic E-state index is 13.1. The Hall–Kier alpha value is -3.54. The average molecular weight is 515 g/mol. The molecule has 1 amide bonds. The van der Waals surface area contributed by atoms with Crippen molar-refractivity contribution in [3.05, 3.63) is 83.4 Å². The lowest BCUT2D eigenvalue weighted by atomic mass is 9.97. The molecule has 1 heterocycles. The van der Waals surface area contributed by atoms with E-state index in [2.05, 4.69) is 0 Å². The number of ether oxygens (including phenoxy) is 1. The zero-order valence-corrected chi connectivity index (χ0v) is 18.3. The van der Waals surface area contributed by atoms with Crippen molar-refractivity contribution in [3.63, 3.8) is 0 Å². The Labute approximate surface area is 195 Å². The lowest BCUT2D eigenvalue weighted by Crippen LogP contribution is -2.37. The lowest BCUT2D eigenvalue weighted by molar-refractivity contribution is -0.137. The zero-order valence-electron chi connectivity index (χ0n) is 17.5. The molecule has 3 aromatic rings. The van der Waals surface area contributed by atoms with Crippen molar-refractivity contribution >= 4 is 21.4 Å². The first-order valence-electron chi connectivity index (χ1n) is 9.99. The third-order valence-electron chi connectivity index (χ3n) is 5.37. The van der Waals surface area contributed by atoms with Crippen LogP contribution in [0.5, 0.6) is 11.5 Å². The second kappa shape index (κ2) is 8.59. The smallest absolute Gasteiger partial charge is 0.457 e. The van der Waals surface area contributed by atoms with Gasteiger partial charge in [0.25, 0.3) is 15.7 Å². The average Bonchev–Trinajstić information content (AvgIpc) is 2.79. The van der Waals surface area contributed by atoms with Crippen molar-refractivity contribution in [2.24, 2.45) is 0 Å². The number of rotatable bonds is 4. The van der Waals surface area contributed by atoms with Crippen molar-refractivity contribution in [1.82, 2.24) is 0 Å². The summed E-state index contributed by atoms with van der Waals surface area (Å²) in [4.78, 5) is 13.4. The minimum Gasteiger partial charge on any atom is -0.457 e.